The molecule has 0 atom stereocenters. The van der Waals surface area contributed by atoms with E-state index < -0.39 is 23.2 Å². The van der Waals surface area contributed by atoms with Crippen LogP contribution in [-0.4, -0.2) is 35.3 Å². The number of benzene rings is 4. The lowest BCUT2D eigenvalue weighted by atomic mass is 10.0. The number of rotatable bonds is 24. The van der Waals surface area contributed by atoms with Crippen LogP contribution in [0, 0.1) is 0 Å². The number of carbonyl (C=O) groups is 2. The van der Waals surface area contributed by atoms with Crippen molar-refractivity contribution >= 4 is 44.9 Å². The SMILES string of the molecule is CCCCCCCCCCc1ccc(-n2c(-c3ccc4oc(=O)c(C(=O)OC)cc4c3)cc3c2cc(-c2ccc4oc(=O)c(C(=O)OC)cc4c2)n3-c2ccc(CCCCCCCCCC)cc2)cc1. The van der Waals surface area contributed by atoms with Gasteiger partial charge in [0.15, 0.2) is 0 Å². The predicted octanol–water partition coefficient (Wildman–Crippen LogP) is 14.9. The first-order valence-electron chi connectivity index (χ1n) is 25.5. The Morgan fingerprint density at radius 1 is 0.443 bits per heavy atom. The van der Waals surface area contributed by atoms with E-state index in [-0.39, 0.29) is 11.1 Å². The molecule has 0 bridgehead atoms. The summed E-state index contributed by atoms with van der Waals surface area (Å²) in [6, 6.07) is 36.3. The number of unbranched alkanes of at least 4 members (excludes halogenated alkanes) is 14. The van der Waals surface area contributed by atoms with Crippen molar-refractivity contribution in [1.82, 2.24) is 9.13 Å². The lowest BCUT2D eigenvalue weighted by Crippen LogP contribution is -2.14. The van der Waals surface area contributed by atoms with Gasteiger partial charge in [-0.25, -0.2) is 19.2 Å². The van der Waals surface area contributed by atoms with Gasteiger partial charge in [0.25, 0.3) is 0 Å². The van der Waals surface area contributed by atoms with Crippen molar-refractivity contribution in [3.63, 3.8) is 0 Å². The highest BCUT2D eigenvalue weighted by atomic mass is 16.5. The third-order valence-corrected chi connectivity index (χ3v) is 13.7. The Balaban J connectivity index is 1.23. The summed E-state index contributed by atoms with van der Waals surface area (Å²) in [5.74, 6) is -1.52. The molecule has 70 heavy (non-hydrogen) atoms. The van der Waals surface area contributed by atoms with E-state index in [1.807, 2.05) is 24.3 Å². The monoisotopic (exact) mass is 942 g/mol. The number of methoxy groups -OCH3 is 2. The molecule has 8 aromatic rings. The second-order valence-corrected chi connectivity index (χ2v) is 18.7. The van der Waals surface area contributed by atoms with Crippen LogP contribution in [0.1, 0.15) is 148 Å². The van der Waals surface area contributed by atoms with Crippen LogP contribution < -0.4 is 11.3 Å². The molecule has 0 saturated carbocycles. The highest BCUT2D eigenvalue weighted by molar-refractivity contribution is 5.98. The molecule has 0 fully saturated rings. The fraction of sp³-hybridized carbons (Fsp3) is 0.367. The second kappa shape index (κ2) is 23.6. The number of aryl methyl sites for hydroxylation is 2. The maximum Gasteiger partial charge on any atom is 0.351 e. The minimum Gasteiger partial charge on any atom is -0.465 e. The van der Waals surface area contributed by atoms with Crippen molar-refractivity contribution in [1.29, 1.82) is 0 Å². The zero-order valence-corrected chi connectivity index (χ0v) is 41.3. The zero-order valence-electron chi connectivity index (χ0n) is 41.3. The highest BCUT2D eigenvalue weighted by Crippen LogP contribution is 2.40. The summed E-state index contributed by atoms with van der Waals surface area (Å²) >= 11 is 0. The summed E-state index contributed by atoms with van der Waals surface area (Å²) in [4.78, 5) is 50.8. The van der Waals surface area contributed by atoms with Gasteiger partial charge in [-0.2, -0.15) is 0 Å². The number of hydrogen-bond acceptors (Lipinski definition) is 8. The van der Waals surface area contributed by atoms with Crippen LogP contribution in [-0.2, 0) is 22.3 Å². The Bertz CT molecular complexity index is 2970. The van der Waals surface area contributed by atoms with Gasteiger partial charge in [-0.05, 0) is 133 Å². The fourth-order valence-corrected chi connectivity index (χ4v) is 9.75. The van der Waals surface area contributed by atoms with Gasteiger partial charge in [0.1, 0.15) is 22.3 Å². The number of aromatic nitrogens is 2. The van der Waals surface area contributed by atoms with Crippen molar-refractivity contribution in [2.75, 3.05) is 14.2 Å². The number of ether oxygens (including phenoxy) is 2. The molecule has 364 valence electrons. The molecule has 0 spiro atoms. The molecule has 0 radical (unpaired) electrons. The van der Waals surface area contributed by atoms with Gasteiger partial charge < -0.3 is 27.4 Å². The quantitative estimate of drug-likeness (QED) is 0.0333. The summed E-state index contributed by atoms with van der Waals surface area (Å²) in [5, 5.41) is 1.17. The van der Waals surface area contributed by atoms with Crippen LogP contribution in [0.5, 0.6) is 0 Å². The van der Waals surface area contributed by atoms with Gasteiger partial charge in [-0.1, -0.05) is 128 Å². The third-order valence-electron chi connectivity index (χ3n) is 13.7. The van der Waals surface area contributed by atoms with Crippen LogP contribution >= 0.6 is 0 Å². The zero-order chi connectivity index (χ0) is 49.0. The van der Waals surface area contributed by atoms with E-state index in [4.69, 9.17) is 18.3 Å². The van der Waals surface area contributed by atoms with E-state index in [0.29, 0.717) is 21.9 Å². The number of hydrogen-bond donors (Lipinski definition) is 0. The molecule has 4 aromatic heterocycles. The Labute approximate surface area is 410 Å². The van der Waals surface area contributed by atoms with E-state index in [1.165, 1.54) is 127 Å². The maximum absolute atomic E-state index is 12.8. The average molecular weight is 943 g/mol. The van der Waals surface area contributed by atoms with Gasteiger partial charge in [-0.3, -0.25) is 0 Å². The van der Waals surface area contributed by atoms with Gasteiger partial charge in [-0.15, -0.1) is 0 Å². The van der Waals surface area contributed by atoms with E-state index in [1.54, 1.807) is 12.1 Å². The van der Waals surface area contributed by atoms with Crippen molar-refractivity contribution in [2.24, 2.45) is 0 Å². The lowest BCUT2D eigenvalue weighted by molar-refractivity contribution is 0.0587. The predicted molar refractivity (Wildman–Crippen MR) is 281 cm³/mol. The van der Waals surface area contributed by atoms with Gasteiger partial charge in [0.2, 0.25) is 0 Å². The summed E-state index contributed by atoms with van der Waals surface area (Å²) < 4.78 is 25.5. The summed E-state index contributed by atoms with van der Waals surface area (Å²) in [5.41, 5.74) is 8.73. The van der Waals surface area contributed by atoms with Crippen molar-refractivity contribution in [2.45, 2.75) is 129 Å². The molecule has 4 aromatic carbocycles. The molecule has 0 aliphatic rings. The number of fused-ring (bicyclic) bond motifs is 3. The Kier molecular flexibility index (Phi) is 16.7. The fourth-order valence-electron chi connectivity index (χ4n) is 9.75. The Morgan fingerprint density at radius 3 is 1.16 bits per heavy atom. The van der Waals surface area contributed by atoms with E-state index in [0.717, 1.165) is 70.6 Å². The van der Waals surface area contributed by atoms with Crippen LogP contribution in [0.25, 0.3) is 66.9 Å². The first-order valence-corrected chi connectivity index (χ1v) is 25.5. The molecule has 10 heteroatoms. The van der Waals surface area contributed by atoms with E-state index in [9.17, 15) is 19.2 Å². The second-order valence-electron chi connectivity index (χ2n) is 18.7. The molecule has 0 N–H and O–H groups in total. The molecular formula is C60H66N2O8. The van der Waals surface area contributed by atoms with E-state index in [2.05, 4.69) is 83.6 Å². The normalized spacial score (nSPS) is 11.5. The molecule has 4 heterocycles. The molecule has 10 nitrogen and oxygen atoms in total. The third kappa shape index (κ3) is 11.4. The minimum atomic E-state index is -0.759. The summed E-state index contributed by atoms with van der Waals surface area (Å²) in [7, 11) is 2.48. The van der Waals surface area contributed by atoms with E-state index >= 15 is 0 Å². The molecule has 8 rings (SSSR count). The first-order chi connectivity index (χ1) is 34.2. The van der Waals surface area contributed by atoms with Crippen LogP contribution in [0.4, 0.5) is 0 Å². The van der Waals surface area contributed by atoms with Crippen molar-refractivity contribution < 1.29 is 27.9 Å². The molecule has 0 aliphatic carbocycles. The standard InChI is InChI=1S/C60H66N2O8/c1-5-7-9-11-13-15-17-19-21-41-23-29-47(30-24-41)61-51(43-27-33-55-45(35-43)37-49(57(63)67-3)59(65)69-55)39-54-53(61)40-52(44-28-34-56-46(36-44)38-50(58(64)68-4)60(66)70-56)62(54)48-31-25-42(26-32-48)22-20-18-16-14-12-10-8-6-2/h23-40H,5-22H2,1-4H3. The molecule has 0 saturated heterocycles. The Hall–Kier alpha value is -6.94. The van der Waals surface area contributed by atoms with Crippen LogP contribution in [0.3, 0.4) is 0 Å². The minimum absolute atomic E-state index is 0.171. The van der Waals surface area contributed by atoms with Crippen molar-refractivity contribution in [3.05, 3.63) is 152 Å². The number of esters is 2. The van der Waals surface area contributed by atoms with Crippen LogP contribution in [0.2, 0.25) is 0 Å². The lowest BCUT2D eigenvalue weighted by Gasteiger charge is -2.13. The van der Waals surface area contributed by atoms with Gasteiger partial charge in [0, 0.05) is 22.1 Å². The maximum atomic E-state index is 12.8. The van der Waals surface area contributed by atoms with Crippen molar-refractivity contribution in [3.8, 4) is 33.9 Å². The van der Waals surface area contributed by atoms with Crippen LogP contribution in [0.15, 0.2) is 128 Å². The number of nitrogens with zero attached hydrogens (tertiary/aromatic N) is 2. The van der Waals surface area contributed by atoms with Gasteiger partial charge in [0.05, 0.1) is 36.6 Å². The topological polar surface area (TPSA) is 123 Å². The first kappa shape index (κ1) is 49.5. The average Bonchev–Trinajstić information content (AvgIpc) is 3.94. The summed E-state index contributed by atoms with van der Waals surface area (Å²) in [6.45, 7) is 4.51. The summed E-state index contributed by atoms with van der Waals surface area (Å²) in [6.07, 6.45) is 22.3. The Morgan fingerprint density at radius 2 is 0.800 bits per heavy atom. The largest absolute Gasteiger partial charge is 0.465 e. The smallest absolute Gasteiger partial charge is 0.351 e. The molecular weight excluding hydrogens is 877 g/mol. The van der Waals surface area contributed by atoms with Gasteiger partial charge >= 0.3 is 23.2 Å². The number of carbonyl (C=O) groups excluding carboxylic acids is 2. The molecule has 0 unspecified atom stereocenters. The molecule has 0 amide bonds. The highest BCUT2D eigenvalue weighted by Gasteiger charge is 2.23. The molecule has 0 aliphatic heterocycles.